The van der Waals surface area contributed by atoms with Crippen molar-refractivity contribution in [2.75, 3.05) is 18.4 Å². The smallest absolute Gasteiger partial charge is 0.293 e. The van der Waals surface area contributed by atoms with Gasteiger partial charge < -0.3 is 14.7 Å². The number of aryl methyl sites for hydroxylation is 1. The topological polar surface area (TPSA) is 92.7 Å². The van der Waals surface area contributed by atoms with Gasteiger partial charge in [0.2, 0.25) is 5.82 Å². The van der Waals surface area contributed by atoms with Crippen LogP contribution in [0.1, 0.15) is 53.6 Å². The number of carbonyl (C=O) groups is 2. The first-order valence-electron chi connectivity index (χ1n) is 9.06. The summed E-state index contributed by atoms with van der Waals surface area (Å²) in [4.78, 5) is 31.9. The van der Waals surface area contributed by atoms with E-state index < -0.39 is 5.91 Å². The Bertz CT molecular complexity index is 953. The molecular weight excluding hydrogens is 346 g/mol. The number of rotatable bonds is 7. The second-order valence-corrected chi connectivity index (χ2v) is 6.31. The van der Waals surface area contributed by atoms with Gasteiger partial charge in [-0.1, -0.05) is 25.1 Å². The van der Waals surface area contributed by atoms with E-state index >= 15 is 0 Å². The third-order valence-corrected chi connectivity index (χ3v) is 4.10. The van der Waals surface area contributed by atoms with Crippen molar-refractivity contribution in [2.24, 2.45) is 0 Å². The number of nitrogens with one attached hydrogen (secondary N) is 1. The number of carbonyl (C=O) groups excluding carboxylic acids is 2. The highest BCUT2D eigenvalue weighted by Crippen LogP contribution is 2.17. The normalized spacial score (nSPS) is 10.9. The summed E-state index contributed by atoms with van der Waals surface area (Å²) in [6, 6.07) is 7.01. The van der Waals surface area contributed by atoms with Crippen molar-refractivity contribution in [3.63, 3.8) is 0 Å². The van der Waals surface area contributed by atoms with Crippen molar-refractivity contribution < 1.29 is 14.1 Å². The fraction of sp³-hybridized carbons (Fsp3) is 0.368. The molecule has 0 aliphatic rings. The lowest BCUT2D eigenvalue weighted by molar-refractivity contribution is 0.0752. The van der Waals surface area contributed by atoms with Crippen LogP contribution in [-0.2, 0) is 0 Å². The minimum Gasteiger partial charge on any atom is -0.360 e. The van der Waals surface area contributed by atoms with Crippen LogP contribution in [0.2, 0.25) is 0 Å². The molecule has 0 spiro atoms. The molecule has 0 fully saturated rings. The highest BCUT2D eigenvalue weighted by Gasteiger charge is 2.25. The molecule has 27 heavy (non-hydrogen) atoms. The summed E-state index contributed by atoms with van der Waals surface area (Å²) in [6.07, 6.45) is 3.43. The molecular formula is C19H23N5O3. The Morgan fingerprint density at radius 1 is 1.22 bits per heavy atom. The molecule has 2 amide bonds. The highest BCUT2D eigenvalue weighted by atomic mass is 16.5. The maximum atomic E-state index is 13.0. The molecule has 3 rings (SSSR count). The van der Waals surface area contributed by atoms with Crippen molar-refractivity contribution >= 4 is 23.1 Å². The summed E-state index contributed by atoms with van der Waals surface area (Å²) >= 11 is 0. The van der Waals surface area contributed by atoms with Gasteiger partial charge in [0.15, 0.2) is 11.5 Å². The molecule has 8 nitrogen and oxygen atoms in total. The van der Waals surface area contributed by atoms with E-state index in [1.54, 1.807) is 40.6 Å². The lowest BCUT2D eigenvalue weighted by Gasteiger charge is -2.20. The molecule has 0 aliphatic carbocycles. The molecule has 0 unspecified atom stereocenters. The zero-order chi connectivity index (χ0) is 19.4. The molecule has 0 radical (unpaired) electrons. The van der Waals surface area contributed by atoms with Crippen molar-refractivity contribution in [3.05, 3.63) is 47.7 Å². The average Bonchev–Trinajstić information content (AvgIpc) is 3.24. The third-order valence-electron chi connectivity index (χ3n) is 4.10. The summed E-state index contributed by atoms with van der Waals surface area (Å²) in [6.45, 7) is 7.09. The molecule has 1 N–H and O–H groups in total. The molecule has 0 bridgehead atoms. The Hall–Kier alpha value is -3.16. The second kappa shape index (κ2) is 8.03. The fourth-order valence-electron chi connectivity index (χ4n) is 2.96. The number of amides is 2. The number of aromatic nitrogens is 3. The van der Waals surface area contributed by atoms with Gasteiger partial charge >= 0.3 is 0 Å². The van der Waals surface area contributed by atoms with Crippen LogP contribution < -0.4 is 5.32 Å². The van der Waals surface area contributed by atoms with Gasteiger partial charge in [0.1, 0.15) is 5.76 Å². The largest absolute Gasteiger partial charge is 0.360 e. The predicted molar refractivity (Wildman–Crippen MR) is 101 cm³/mol. The van der Waals surface area contributed by atoms with Crippen molar-refractivity contribution in [1.29, 1.82) is 0 Å². The number of imidazole rings is 1. The van der Waals surface area contributed by atoms with E-state index in [9.17, 15) is 9.59 Å². The van der Waals surface area contributed by atoms with E-state index in [0.717, 1.165) is 12.8 Å². The average molecular weight is 369 g/mol. The maximum Gasteiger partial charge on any atom is 0.293 e. The zero-order valence-corrected chi connectivity index (χ0v) is 15.7. The van der Waals surface area contributed by atoms with E-state index in [4.69, 9.17) is 4.52 Å². The van der Waals surface area contributed by atoms with Gasteiger partial charge in [-0.25, -0.2) is 4.98 Å². The standard InChI is InChI=1S/C19H23N5O3/c1-4-9-23(10-5-2)19(26)16-14-8-6-7-11-24(14)17(21-16)18(25)20-15-12-13(3)27-22-15/h6-8,11-12H,4-5,9-10H2,1-3H3,(H,20,22,25). The predicted octanol–water partition coefficient (Wildman–Crippen LogP) is 3.15. The van der Waals surface area contributed by atoms with Crippen LogP contribution in [0.4, 0.5) is 5.82 Å². The van der Waals surface area contributed by atoms with Crippen molar-refractivity contribution in [3.8, 4) is 0 Å². The highest BCUT2D eigenvalue weighted by molar-refractivity contribution is 6.05. The van der Waals surface area contributed by atoms with E-state index in [-0.39, 0.29) is 17.4 Å². The maximum absolute atomic E-state index is 13.0. The number of nitrogens with zero attached hydrogens (tertiary/aromatic N) is 4. The van der Waals surface area contributed by atoms with E-state index in [2.05, 4.69) is 15.5 Å². The summed E-state index contributed by atoms with van der Waals surface area (Å²) in [5, 5.41) is 6.41. The Morgan fingerprint density at radius 2 is 1.96 bits per heavy atom. The van der Waals surface area contributed by atoms with Gasteiger partial charge in [-0.2, -0.15) is 0 Å². The van der Waals surface area contributed by atoms with Gasteiger partial charge in [0.25, 0.3) is 11.8 Å². The number of fused-ring (bicyclic) bond motifs is 1. The first kappa shape index (κ1) is 18.6. The first-order valence-corrected chi connectivity index (χ1v) is 9.06. The molecule has 0 saturated heterocycles. The van der Waals surface area contributed by atoms with E-state index in [0.29, 0.717) is 30.2 Å². The van der Waals surface area contributed by atoms with Gasteiger partial charge in [-0.3, -0.25) is 14.0 Å². The fourth-order valence-corrected chi connectivity index (χ4v) is 2.96. The second-order valence-electron chi connectivity index (χ2n) is 6.31. The molecule has 0 aromatic carbocycles. The van der Waals surface area contributed by atoms with Crippen LogP contribution in [-0.4, -0.2) is 44.3 Å². The summed E-state index contributed by atoms with van der Waals surface area (Å²) in [5.41, 5.74) is 0.875. The zero-order valence-electron chi connectivity index (χ0n) is 15.7. The minimum atomic E-state index is -0.457. The Kier molecular flexibility index (Phi) is 5.54. The van der Waals surface area contributed by atoms with Crippen LogP contribution in [0.25, 0.3) is 5.52 Å². The molecule has 0 aliphatic heterocycles. The SMILES string of the molecule is CCCN(CCC)C(=O)c1nc(C(=O)Nc2cc(C)on2)n2ccccc12. The molecule has 3 heterocycles. The molecule has 0 saturated carbocycles. The van der Waals surface area contributed by atoms with Gasteiger partial charge in [-0.05, 0) is 31.9 Å². The van der Waals surface area contributed by atoms with Crippen molar-refractivity contribution in [2.45, 2.75) is 33.6 Å². The number of pyridine rings is 1. The number of anilines is 1. The number of hydrogen-bond donors (Lipinski definition) is 1. The van der Waals surface area contributed by atoms with Crippen LogP contribution in [0.5, 0.6) is 0 Å². The summed E-state index contributed by atoms with van der Waals surface area (Å²) in [5.74, 6) is 0.392. The minimum absolute atomic E-state index is 0.127. The Balaban J connectivity index is 1.98. The first-order chi connectivity index (χ1) is 13.0. The quantitative estimate of drug-likeness (QED) is 0.691. The molecule has 3 aromatic heterocycles. The van der Waals surface area contributed by atoms with E-state index in [1.165, 1.54) is 0 Å². The third kappa shape index (κ3) is 3.84. The van der Waals surface area contributed by atoms with Gasteiger partial charge in [-0.15, -0.1) is 0 Å². The van der Waals surface area contributed by atoms with Crippen molar-refractivity contribution in [1.82, 2.24) is 19.4 Å². The molecule has 142 valence electrons. The lowest BCUT2D eigenvalue weighted by Crippen LogP contribution is -2.33. The van der Waals surface area contributed by atoms with Crippen LogP contribution >= 0.6 is 0 Å². The van der Waals surface area contributed by atoms with Crippen LogP contribution in [0, 0.1) is 6.92 Å². The monoisotopic (exact) mass is 369 g/mol. The van der Waals surface area contributed by atoms with Crippen LogP contribution in [0.3, 0.4) is 0 Å². The summed E-state index contributed by atoms with van der Waals surface area (Å²) < 4.78 is 6.58. The molecule has 3 aromatic rings. The Morgan fingerprint density at radius 3 is 2.59 bits per heavy atom. The van der Waals surface area contributed by atoms with Gasteiger partial charge in [0.05, 0.1) is 5.52 Å². The van der Waals surface area contributed by atoms with E-state index in [1.807, 2.05) is 19.9 Å². The van der Waals surface area contributed by atoms with Crippen LogP contribution in [0.15, 0.2) is 35.0 Å². The van der Waals surface area contributed by atoms with Gasteiger partial charge in [0, 0.05) is 25.4 Å². The Labute approximate surface area is 157 Å². The lowest BCUT2D eigenvalue weighted by atomic mass is 10.2. The molecule has 8 heteroatoms. The number of hydrogen-bond acceptors (Lipinski definition) is 5. The summed E-state index contributed by atoms with van der Waals surface area (Å²) in [7, 11) is 0. The molecule has 0 atom stereocenters.